The Morgan fingerprint density at radius 3 is 2.36 bits per heavy atom. The van der Waals surface area contributed by atoms with E-state index < -0.39 is 22.2 Å². The van der Waals surface area contributed by atoms with Gasteiger partial charge in [-0.15, -0.1) is 0 Å². The van der Waals surface area contributed by atoms with E-state index in [9.17, 15) is 17.6 Å². The molecule has 0 spiro atoms. The number of hydrogen-bond acceptors (Lipinski definition) is 7. The van der Waals surface area contributed by atoms with Crippen LogP contribution >= 0.6 is 0 Å². The van der Waals surface area contributed by atoms with Gasteiger partial charge in [0.15, 0.2) is 5.76 Å². The lowest BCUT2D eigenvalue weighted by Gasteiger charge is -2.35. The minimum atomic E-state index is -3.80. The summed E-state index contributed by atoms with van der Waals surface area (Å²) in [5.74, 6) is 6.40. The number of carbonyl (C=O) groups excluding carboxylic acids is 1. The lowest BCUT2D eigenvalue weighted by molar-refractivity contribution is -0.142. The molecule has 0 amide bonds. The van der Waals surface area contributed by atoms with Crippen LogP contribution in [0, 0.1) is 17.7 Å². The number of piperazine rings is 1. The number of aromatic nitrogens is 1. The van der Waals surface area contributed by atoms with Crippen molar-refractivity contribution in [2.24, 2.45) is 0 Å². The third-order valence-electron chi connectivity index (χ3n) is 6.79. The van der Waals surface area contributed by atoms with Crippen molar-refractivity contribution in [2.45, 2.75) is 13.0 Å². The predicted octanol–water partition coefficient (Wildman–Crippen LogP) is 4.07. The Morgan fingerprint density at radius 1 is 0.976 bits per heavy atom. The molecule has 1 aliphatic heterocycles. The zero-order valence-corrected chi connectivity index (χ0v) is 23.9. The molecule has 0 aliphatic carbocycles. The second-order valence-corrected chi connectivity index (χ2v) is 11.4. The van der Waals surface area contributed by atoms with Crippen molar-refractivity contribution in [1.29, 1.82) is 0 Å². The van der Waals surface area contributed by atoms with Crippen LogP contribution in [0.4, 0.5) is 10.1 Å². The largest absolute Gasteiger partial charge is 0.468 e. The number of ether oxygens (including phenoxy) is 1. The van der Waals surface area contributed by atoms with Crippen LogP contribution in [0.25, 0.3) is 22.8 Å². The molecule has 1 fully saturated rings. The summed E-state index contributed by atoms with van der Waals surface area (Å²) in [5.41, 5.74) is 4.12. The van der Waals surface area contributed by atoms with Gasteiger partial charge in [0.2, 0.25) is 5.89 Å². The quantitative estimate of drug-likeness (QED) is 0.256. The van der Waals surface area contributed by atoms with Crippen LogP contribution in [0.2, 0.25) is 0 Å². The molecule has 1 atom stereocenters. The molecular weight excluding hydrogens is 559 g/mol. The summed E-state index contributed by atoms with van der Waals surface area (Å²) in [4.78, 5) is 18.1. The first kappa shape index (κ1) is 29.0. The van der Waals surface area contributed by atoms with Crippen LogP contribution in [0.1, 0.15) is 18.1 Å². The van der Waals surface area contributed by atoms with Gasteiger partial charge in [-0.1, -0.05) is 17.9 Å². The summed E-state index contributed by atoms with van der Waals surface area (Å²) in [6, 6.07) is 20.4. The van der Waals surface area contributed by atoms with Gasteiger partial charge in [0, 0.05) is 54.1 Å². The number of methoxy groups -OCH3 is 1. The maximum atomic E-state index is 13.2. The van der Waals surface area contributed by atoms with Crippen LogP contribution < -0.4 is 9.62 Å². The van der Waals surface area contributed by atoms with Crippen molar-refractivity contribution in [3.8, 4) is 34.6 Å². The number of nitrogens with one attached hydrogen (secondary N) is 1. The standard InChI is InChI=1S/C31H29FN4O5S/c1-22(31(37)40-2)34-42(38,39)36-18-16-35(17-19-36)28-14-8-23(9-15-28)6-7-24-4-3-5-26(20-24)30-33-21-29(41-30)25-10-12-27(32)13-11-25/h3-5,8-15,20-22,34H,16-19H2,1-2H3/t22-/m1/s1. The van der Waals surface area contributed by atoms with Crippen LogP contribution in [0.3, 0.4) is 0 Å². The van der Waals surface area contributed by atoms with E-state index in [1.807, 2.05) is 48.5 Å². The number of nitrogens with zero attached hydrogens (tertiary/aromatic N) is 3. The molecule has 2 heterocycles. The van der Waals surface area contributed by atoms with Crippen LogP contribution in [0.15, 0.2) is 83.4 Å². The summed E-state index contributed by atoms with van der Waals surface area (Å²) in [5, 5.41) is 0. The Kier molecular flexibility index (Phi) is 8.68. The van der Waals surface area contributed by atoms with Gasteiger partial charge in [0.25, 0.3) is 10.2 Å². The Bertz CT molecular complexity index is 1720. The Labute approximate surface area is 244 Å². The summed E-state index contributed by atoms with van der Waals surface area (Å²) in [6.07, 6.45) is 1.61. The zero-order chi connectivity index (χ0) is 29.7. The number of oxazole rings is 1. The van der Waals surface area contributed by atoms with Crippen molar-refractivity contribution >= 4 is 21.9 Å². The van der Waals surface area contributed by atoms with Gasteiger partial charge in [0.05, 0.1) is 13.3 Å². The third-order valence-corrected chi connectivity index (χ3v) is 8.48. The van der Waals surface area contributed by atoms with E-state index in [1.54, 1.807) is 18.3 Å². The molecule has 0 bridgehead atoms. The average Bonchev–Trinajstić information content (AvgIpc) is 3.51. The fourth-order valence-corrected chi connectivity index (χ4v) is 5.83. The summed E-state index contributed by atoms with van der Waals surface area (Å²) in [7, 11) is -2.59. The van der Waals surface area contributed by atoms with Crippen molar-refractivity contribution < 1.29 is 26.8 Å². The molecule has 42 heavy (non-hydrogen) atoms. The van der Waals surface area contributed by atoms with E-state index >= 15 is 0 Å². The van der Waals surface area contributed by atoms with E-state index in [0.717, 1.165) is 27.9 Å². The van der Waals surface area contributed by atoms with Gasteiger partial charge in [-0.05, 0) is 73.7 Å². The number of esters is 1. The monoisotopic (exact) mass is 588 g/mol. The van der Waals surface area contributed by atoms with Gasteiger partial charge in [0.1, 0.15) is 11.9 Å². The first-order chi connectivity index (χ1) is 20.2. The molecule has 1 aromatic heterocycles. The number of carbonyl (C=O) groups is 1. The maximum absolute atomic E-state index is 13.2. The number of hydrogen-bond donors (Lipinski definition) is 1. The third kappa shape index (κ3) is 6.86. The molecular formula is C31H29FN4O5S. The summed E-state index contributed by atoms with van der Waals surface area (Å²) < 4.78 is 52.6. The number of halogens is 1. The lowest BCUT2D eigenvalue weighted by atomic mass is 10.1. The minimum Gasteiger partial charge on any atom is -0.468 e. The van der Waals surface area contributed by atoms with E-state index in [1.165, 1.54) is 30.5 Å². The van der Waals surface area contributed by atoms with E-state index in [2.05, 4.69) is 31.2 Å². The molecule has 0 saturated carbocycles. The topological polar surface area (TPSA) is 105 Å². The lowest BCUT2D eigenvalue weighted by Crippen LogP contribution is -2.54. The molecule has 1 aliphatic rings. The fraction of sp³-hybridized carbons (Fsp3) is 0.226. The smallest absolute Gasteiger partial charge is 0.323 e. The first-order valence-corrected chi connectivity index (χ1v) is 14.7. The summed E-state index contributed by atoms with van der Waals surface area (Å²) in [6.45, 7) is 3.04. The number of rotatable bonds is 7. The molecule has 0 radical (unpaired) electrons. The van der Waals surface area contributed by atoms with Crippen LogP contribution in [0.5, 0.6) is 0 Å². The minimum absolute atomic E-state index is 0.289. The normalized spacial score (nSPS) is 14.6. The van der Waals surface area contributed by atoms with Gasteiger partial charge in [-0.25, -0.2) is 9.37 Å². The molecule has 9 nitrogen and oxygen atoms in total. The second kappa shape index (κ2) is 12.6. The molecule has 3 aromatic carbocycles. The predicted molar refractivity (Wildman–Crippen MR) is 157 cm³/mol. The summed E-state index contributed by atoms with van der Waals surface area (Å²) >= 11 is 0. The number of benzene rings is 3. The highest BCUT2D eigenvalue weighted by Gasteiger charge is 2.30. The van der Waals surface area contributed by atoms with Crippen molar-refractivity contribution in [1.82, 2.24) is 14.0 Å². The van der Waals surface area contributed by atoms with Gasteiger partial charge < -0.3 is 14.1 Å². The highest BCUT2D eigenvalue weighted by Crippen LogP contribution is 2.26. The van der Waals surface area contributed by atoms with Crippen molar-refractivity contribution in [3.05, 3.63) is 95.9 Å². The molecule has 0 unspecified atom stereocenters. The highest BCUT2D eigenvalue weighted by molar-refractivity contribution is 7.87. The molecule has 1 N–H and O–H groups in total. The Balaban J connectivity index is 1.20. The zero-order valence-electron chi connectivity index (χ0n) is 23.1. The van der Waals surface area contributed by atoms with Gasteiger partial charge in [-0.3, -0.25) is 4.79 Å². The van der Waals surface area contributed by atoms with E-state index in [-0.39, 0.29) is 18.9 Å². The molecule has 5 rings (SSSR count). The van der Waals surface area contributed by atoms with Crippen molar-refractivity contribution in [3.63, 3.8) is 0 Å². The van der Waals surface area contributed by atoms with Crippen LogP contribution in [-0.2, 0) is 19.7 Å². The second-order valence-electron chi connectivity index (χ2n) is 9.67. The first-order valence-electron chi connectivity index (χ1n) is 13.3. The number of anilines is 1. The van der Waals surface area contributed by atoms with Crippen LogP contribution in [-0.4, -0.2) is 63.0 Å². The Morgan fingerprint density at radius 2 is 1.67 bits per heavy atom. The fourth-order valence-electron chi connectivity index (χ4n) is 4.49. The van der Waals surface area contributed by atoms with E-state index in [4.69, 9.17) is 4.42 Å². The maximum Gasteiger partial charge on any atom is 0.323 e. The SMILES string of the molecule is COC(=O)[C@@H](C)NS(=O)(=O)N1CCN(c2ccc(C#Cc3cccc(-c4ncc(-c5ccc(F)cc5)o4)c3)cc2)CC1. The average molecular weight is 589 g/mol. The highest BCUT2D eigenvalue weighted by atomic mass is 32.2. The molecule has 1 saturated heterocycles. The molecule has 216 valence electrons. The molecule has 11 heteroatoms. The molecule has 4 aromatic rings. The van der Waals surface area contributed by atoms with Gasteiger partial charge >= 0.3 is 5.97 Å². The Hall–Kier alpha value is -4.50. The van der Waals surface area contributed by atoms with E-state index in [0.29, 0.717) is 24.7 Å². The van der Waals surface area contributed by atoms with Gasteiger partial charge in [-0.2, -0.15) is 17.4 Å². The van der Waals surface area contributed by atoms with Crippen molar-refractivity contribution in [2.75, 3.05) is 38.2 Å².